The van der Waals surface area contributed by atoms with Crippen LogP contribution in [0, 0.1) is 0 Å². The van der Waals surface area contributed by atoms with Crippen molar-refractivity contribution in [1.82, 2.24) is 4.98 Å². The van der Waals surface area contributed by atoms with Crippen molar-refractivity contribution in [2.75, 3.05) is 11.1 Å². The molecule has 8 heteroatoms. The normalized spacial score (nSPS) is 11.1. The number of rotatable bonds is 3. The molecule has 0 bridgehead atoms. The van der Waals surface area contributed by atoms with Crippen molar-refractivity contribution in [3.05, 3.63) is 48.3 Å². The molecule has 20 heavy (non-hydrogen) atoms. The Morgan fingerprint density at radius 2 is 1.75 bits per heavy atom. The highest BCUT2D eigenvalue weighted by atomic mass is 32.2. The summed E-state index contributed by atoms with van der Waals surface area (Å²) >= 11 is 0. The summed E-state index contributed by atoms with van der Waals surface area (Å²) in [6.45, 7) is 0. The maximum Gasteiger partial charge on any atom is 0.274 e. The lowest BCUT2D eigenvalue weighted by molar-refractivity contribution is 0.102. The number of amides is 1. The number of pyridine rings is 1. The summed E-state index contributed by atoms with van der Waals surface area (Å²) in [6, 6.07) is 8.54. The molecular weight excluding hydrogens is 280 g/mol. The lowest BCUT2D eigenvalue weighted by Gasteiger charge is -2.05. The topological polar surface area (TPSA) is 128 Å². The fourth-order valence-corrected chi connectivity index (χ4v) is 1.98. The third-order valence-electron chi connectivity index (χ3n) is 2.46. The summed E-state index contributed by atoms with van der Waals surface area (Å²) in [7, 11) is -3.74. The number of benzene rings is 1. The molecular formula is C12H12N4O3S. The zero-order valence-corrected chi connectivity index (χ0v) is 11.1. The summed E-state index contributed by atoms with van der Waals surface area (Å²) in [5, 5.41) is 7.55. The van der Waals surface area contributed by atoms with E-state index in [1.807, 2.05) is 0 Å². The van der Waals surface area contributed by atoms with Crippen LogP contribution in [0.3, 0.4) is 0 Å². The largest absolute Gasteiger partial charge is 0.397 e. The van der Waals surface area contributed by atoms with Gasteiger partial charge in [-0.1, -0.05) is 0 Å². The molecule has 0 unspecified atom stereocenters. The monoisotopic (exact) mass is 292 g/mol. The van der Waals surface area contributed by atoms with Gasteiger partial charge in [-0.3, -0.25) is 4.79 Å². The minimum Gasteiger partial charge on any atom is -0.397 e. The van der Waals surface area contributed by atoms with Crippen LogP contribution in [-0.4, -0.2) is 19.3 Å². The molecule has 0 saturated heterocycles. The number of primary sulfonamides is 1. The van der Waals surface area contributed by atoms with Gasteiger partial charge in [-0.2, -0.15) is 0 Å². The van der Waals surface area contributed by atoms with Crippen LogP contribution in [0.1, 0.15) is 10.5 Å². The van der Waals surface area contributed by atoms with Crippen molar-refractivity contribution in [2.45, 2.75) is 4.90 Å². The van der Waals surface area contributed by atoms with Gasteiger partial charge in [0.05, 0.1) is 16.8 Å². The number of hydrogen-bond donors (Lipinski definition) is 3. The number of nitrogens with two attached hydrogens (primary N) is 2. The second kappa shape index (κ2) is 5.27. The van der Waals surface area contributed by atoms with Crippen LogP contribution < -0.4 is 16.2 Å². The number of aromatic nitrogens is 1. The molecule has 0 fully saturated rings. The highest BCUT2D eigenvalue weighted by molar-refractivity contribution is 7.89. The SMILES string of the molecule is Nc1ccc(C(=O)Nc2ccc(S(N)(=O)=O)cc2)nc1. The van der Waals surface area contributed by atoms with Crippen LogP contribution in [0.15, 0.2) is 47.5 Å². The molecule has 7 nitrogen and oxygen atoms in total. The van der Waals surface area contributed by atoms with Crippen LogP contribution in [0.4, 0.5) is 11.4 Å². The van der Waals surface area contributed by atoms with Crippen molar-refractivity contribution in [2.24, 2.45) is 5.14 Å². The third kappa shape index (κ3) is 3.31. The number of carbonyl (C=O) groups is 1. The molecule has 0 aliphatic carbocycles. The Hall–Kier alpha value is -2.45. The molecule has 0 radical (unpaired) electrons. The molecule has 2 rings (SSSR count). The van der Waals surface area contributed by atoms with Crippen LogP contribution in [0.2, 0.25) is 0 Å². The number of nitrogens with one attached hydrogen (secondary N) is 1. The Morgan fingerprint density at radius 3 is 2.25 bits per heavy atom. The minimum atomic E-state index is -3.74. The fourth-order valence-electron chi connectivity index (χ4n) is 1.46. The molecule has 104 valence electrons. The highest BCUT2D eigenvalue weighted by Crippen LogP contribution is 2.13. The van der Waals surface area contributed by atoms with Crippen LogP contribution >= 0.6 is 0 Å². The fraction of sp³-hybridized carbons (Fsp3) is 0. The molecule has 0 saturated carbocycles. The van der Waals surface area contributed by atoms with Gasteiger partial charge in [0.15, 0.2) is 0 Å². The summed E-state index contributed by atoms with van der Waals surface area (Å²) in [4.78, 5) is 15.7. The first kappa shape index (κ1) is 14.0. The van der Waals surface area contributed by atoms with E-state index in [9.17, 15) is 13.2 Å². The molecule has 1 aromatic heterocycles. The van der Waals surface area contributed by atoms with Gasteiger partial charge in [0.25, 0.3) is 5.91 Å². The Labute approximate surface area is 115 Å². The lowest BCUT2D eigenvalue weighted by Crippen LogP contribution is -2.14. The Balaban J connectivity index is 2.14. The minimum absolute atomic E-state index is 0.0268. The molecule has 2 aromatic rings. The van der Waals surface area contributed by atoms with Gasteiger partial charge in [-0.25, -0.2) is 18.5 Å². The van der Waals surface area contributed by atoms with Gasteiger partial charge in [0.1, 0.15) is 5.69 Å². The molecule has 1 aromatic carbocycles. The number of nitrogen functional groups attached to an aromatic ring is 1. The molecule has 0 atom stereocenters. The Morgan fingerprint density at radius 1 is 1.10 bits per heavy atom. The molecule has 5 N–H and O–H groups in total. The quantitative estimate of drug-likeness (QED) is 0.761. The predicted octanol–water partition coefficient (Wildman–Crippen LogP) is 0.563. The first-order valence-electron chi connectivity index (χ1n) is 5.52. The van der Waals surface area contributed by atoms with Crippen LogP contribution in [-0.2, 0) is 10.0 Å². The van der Waals surface area contributed by atoms with Gasteiger partial charge in [-0.05, 0) is 36.4 Å². The Bertz CT molecular complexity index is 724. The lowest BCUT2D eigenvalue weighted by atomic mass is 10.3. The molecule has 0 aliphatic heterocycles. The van der Waals surface area contributed by atoms with Crippen molar-refractivity contribution in [1.29, 1.82) is 0 Å². The average Bonchev–Trinajstić information content (AvgIpc) is 2.39. The summed E-state index contributed by atoms with van der Waals surface area (Å²) in [6.07, 6.45) is 1.37. The van der Waals surface area contributed by atoms with E-state index in [1.165, 1.54) is 36.5 Å². The van der Waals surface area contributed by atoms with Crippen molar-refractivity contribution in [3.8, 4) is 0 Å². The molecule has 0 spiro atoms. The summed E-state index contributed by atoms with van der Waals surface area (Å²) < 4.78 is 22.2. The van der Waals surface area contributed by atoms with E-state index in [0.29, 0.717) is 11.4 Å². The van der Waals surface area contributed by atoms with E-state index in [0.717, 1.165) is 0 Å². The zero-order valence-electron chi connectivity index (χ0n) is 10.3. The van der Waals surface area contributed by atoms with E-state index in [4.69, 9.17) is 10.9 Å². The van der Waals surface area contributed by atoms with Crippen LogP contribution in [0.25, 0.3) is 0 Å². The van der Waals surface area contributed by atoms with E-state index in [2.05, 4.69) is 10.3 Å². The zero-order chi connectivity index (χ0) is 14.8. The van der Waals surface area contributed by atoms with Crippen molar-refractivity contribution >= 4 is 27.3 Å². The second-order valence-corrected chi connectivity index (χ2v) is 5.56. The number of sulfonamides is 1. The van der Waals surface area contributed by atoms with E-state index in [1.54, 1.807) is 6.07 Å². The van der Waals surface area contributed by atoms with E-state index in [-0.39, 0.29) is 10.6 Å². The summed E-state index contributed by atoms with van der Waals surface area (Å²) in [5.74, 6) is -0.423. The molecule has 1 amide bonds. The first-order chi connectivity index (χ1) is 9.36. The standard InChI is InChI=1S/C12H12N4O3S/c13-8-1-6-11(15-7-8)12(17)16-9-2-4-10(5-3-9)20(14,18)19/h1-7H,13H2,(H,16,17)(H2,14,18,19). The van der Waals surface area contributed by atoms with Crippen molar-refractivity contribution in [3.63, 3.8) is 0 Å². The maximum atomic E-state index is 11.8. The van der Waals surface area contributed by atoms with Crippen molar-refractivity contribution < 1.29 is 13.2 Å². The van der Waals surface area contributed by atoms with Gasteiger partial charge in [0.2, 0.25) is 10.0 Å². The van der Waals surface area contributed by atoms with Gasteiger partial charge < -0.3 is 11.1 Å². The number of carbonyl (C=O) groups excluding carboxylic acids is 1. The average molecular weight is 292 g/mol. The smallest absolute Gasteiger partial charge is 0.274 e. The molecule has 1 heterocycles. The number of anilines is 2. The van der Waals surface area contributed by atoms with Gasteiger partial charge in [-0.15, -0.1) is 0 Å². The third-order valence-corrected chi connectivity index (χ3v) is 3.39. The predicted molar refractivity (Wildman–Crippen MR) is 74.4 cm³/mol. The Kier molecular flexibility index (Phi) is 3.68. The second-order valence-electron chi connectivity index (χ2n) is 4.00. The first-order valence-corrected chi connectivity index (χ1v) is 7.06. The maximum absolute atomic E-state index is 11.8. The molecule has 0 aliphatic rings. The highest BCUT2D eigenvalue weighted by Gasteiger charge is 2.09. The summed E-state index contributed by atoms with van der Waals surface area (Å²) in [5.41, 5.74) is 6.57. The van der Waals surface area contributed by atoms with E-state index < -0.39 is 15.9 Å². The number of nitrogens with zero attached hydrogens (tertiary/aromatic N) is 1. The van der Waals surface area contributed by atoms with Crippen LogP contribution in [0.5, 0.6) is 0 Å². The van der Waals surface area contributed by atoms with Gasteiger partial charge >= 0.3 is 0 Å². The van der Waals surface area contributed by atoms with Gasteiger partial charge in [0, 0.05) is 5.69 Å². The van der Waals surface area contributed by atoms with E-state index >= 15 is 0 Å². The number of hydrogen-bond acceptors (Lipinski definition) is 5.